The minimum Gasteiger partial charge on any atom is -0.497 e. The van der Waals surface area contributed by atoms with Crippen molar-refractivity contribution in [3.63, 3.8) is 0 Å². The number of hydrogen-bond donors (Lipinski definition) is 1. The molecule has 0 aromatic heterocycles. The van der Waals surface area contributed by atoms with Crippen molar-refractivity contribution in [2.24, 2.45) is 0 Å². The lowest BCUT2D eigenvalue weighted by Gasteiger charge is -2.17. The minimum absolute atomic E-state index is 0.247. The van der Waals surface area contributed by atoms with E-state index in [-0.39, 0.29) is 6.04 Å². The Morgan fingerprint density at radius 1 is 1.05 bits per heavy atom. The van der Waals surface area contributed by atoms with E-state index in [4.69, 9.17) is 9.47 Å². The van der Waals surface area contributed by atoms with Crippen LogP contribution in [0.4, 0.5) is 0 Å². The van der Waals surface area contributed by atoms with E-state index >= 15 is 0 Å². The van der Waals surface area contributed by atoms with Crippen molar-refractivity contribution in [3.05, 3.63) is 29.8 Å². The topological polar surface area (TPSA) is 30.5 Å². The van der Waals surface area contributed by atoms with Gasteiger partial charge in [0.2, 0.25) is 0 Å². The molecule has 0 heterocycles. The lowest BCUT2D eigenvalue weighted by atomic mass is 10.1. The predicted molar refractivity (Wildman–Crippen MR) is 84.4 cm³/mol. The van der Waals surface area contributed by atoms with E-state index in [9.17, 15) is 0 Å². The Labute approximate surface area is 123 Å². The third-order valence-corrected chi connectivity index (χ3v) is 3.54. The zero-order chi connectivity index (χ0) is 14.6. The largest absolute Gasteiger partial charge is 0.497 e. The minimum atomic E-state index is 0.247. The highest BCUT2D eigenvalue weighted by molar-refractivity contribution is 5.29. The maximum Gasteiger partial charge on any atom is 0.118 e. The highest BCUT2D eigenvalue weighted by atomic mass is 16.5. The monoisotopic (exact) mass is 279 g/mol. The molecule has 0 aliphatic rings. The number of hydrogen-bond acceptors (Lipinski definition) is 3. The molecule has 0 saturated heterocycles. The summed E-state index contributed by atoms with van der Waals surface area (Å²) in [6, 6.07) is 8.40. The van der Waals surface area contributed by atoms with Gasteiger partial charge in [-0.1, -0.05) is 44.7 Å². The second-order valence-corrected chi connectivity index (χ2v) is 5.10. The lowest BCUT2D eigenvalue weighted by molar-refractivity contribution is 0.110. The van der Waals surface area contributed by atoms with E-state index in [1.807, 2.05) is 19.2 Å². The molecular formula is C17H29NO2. The van der Waals surface area contributed by atoms with E-state index in [1.165, 1.54) is 37.7 Å². The van der Waals surface area contributed by atoms with Crippen LogP contribution in [0.3, 0.4) is 0 Å². The maximum atomic E-state index is 5.78. The fourth-order valence-electron chi connectivity index (χ4n) is 2.19. The summed E-state index contributed by atoms with van der Waals surface area (Å²) in [6.07, 6.45) is 6.40. The van der Waals surface area contributed by atoms with Crippen LogP contribution in [0.5, 0.6) is 5.75 Å². The van der Waals surface area contributed by atoms with Gasteiger partial charge in [0.25, 0.3) is 0 Å². The fraction of sp³-hybridized carbons (Fsp3) is 0.647. The average Bonchev–Trinajstić information content (AvgIpc) is 2.50. The molecule has 3 heteroatoms. The third-order valence-electron chi connectivity index (χ3n) is 3.54. The van der Waals surface area contributed by atoms with Crippen molar-refractivity contribution in [2.75, 3.05) is 27.4 Å². The molecule has 1 atom stereocenters. The van der Waals surface area contributed by atoms with Gasteiger partial charge in [-0.25, -0.2) is 0 Å². The van der Waals surface area contributed by atoms with Gasteiger partial charge in [-0.3, -0.25) is 0 Å². The normalized spacial score (nSPS) is 12.3. The number of likely N-dealkylation sites (N-methyl/N-ethyl adjacent to an activating group) is 1. The van der Waals surface area contributed by atoms with Gasteiger partial charge in [-0.15, -0.1) is 0 Å². The fourth-order valence-corrected chi connectivity index (χ4v) is 2.19. The standard InChI is InChI=1S/C17H29NO2/c1-4-5-6-7-8-13-20-14-17(18-2)15-9-11-16(19-3)12-10-15/h9-12,17-18H,4-8,13-14H2,1-3H3. The van der Waals surface area contributed by atoms with Crippen LogP contribution in [-0.4, -0.2) is 27.4 Å². The molecule has 0 fully saturated rings. The second kappa shape index (κ2) is 10.7. The Morgan fingerprint density at radius 2 is 1.75 bits per heavy atom. The molecule has 0 bridgehead atoms. The molecule has 1 rings (SSSR count). The third kappa shape index (κ3) is 6.40. The molecule has 114 valence electrons. The van der Waals surface area contributed by atoms with Gasteiger partial charge in [-0.05, 0) is 31.2 Å². The molecule has 1 aromatic carbocycles. The van der Waals surface area contributed by atoms with Crippen molar-refractivity contribution in [1.82, 2.24) is 5.32 Å². The number of methoxy groups -OCH3 is 1. The van der Waals surface area contributed by atoms with Crippen LogP contribution in [-0.2, 0) is 4.74 Å². The Hall–Kier alpha value is -1.06. The predicted octanol–water partition coefficient (Wildman–Crippen LogP) is 3.94. The van der Waals surface area contributed by atoms with E-state index < -0.39 is 0 Å². The Bertz CT molecular complexity index is 337. The van der Waals surface area contributed by atoms with Crippen LogP contribution in [0.15, 0.2) is 24.3 Å². The van der Waals surface area contributed by atoms with Gasteiger partial charge < -0.3 is 14.8 Å². The molecule has 0 amide bonds. The second-order valence-electron chi connectivity index (χ2n) is 5.10. The van der Waals surface area contributed by atoms with Gasteiger partial charge >= 0.3 is 0 Å². The number of unbranched alkanes of at least 4 members (excludes halogenated alkanes) is 4. The summed E-state index contributed by atoms with van der Waals surface area (Å²) >= 11 is 0. The first-order chi connectivity index (χ1) is 9.81. The van der Waals surface area contributed by atoms with Gasteiger partial charge in [-0.2, -0.15) is 0 Å². The SMILES string of the molecule is CCCCCCCOCC(NC)c1ccc(OC)cc1. The zero-order valence-corrected chi connectivity index (χ0v) is 13.2. The molecule has 20 heavy (non-hydrogen) atoms. The van der Waals surface area contributed by atoms with Crippen molar-refractivity contribution < 1.29 is 9.47 Å². The molecule has 0 saturated carbocycles. The molecule has 1 unspecified atom stereocenters. The van der Waals surface area contributed by atoms with Crippen LogP contribution < -0.4 is 10.1 Å². The highest BCUT2D eigenvalue weighted by Gasteiger charge is 2.09. The van der Waals surface area contributed by atoms with Gasteiger partial charge in [0.1, 0.15) is 5.75 Å². The summed E-state index contributed by atoms with van der Waals surface area (Å²) < 4.78 is 11.0. The number of benzene rings is 1. The Morgan fingerprint density at radius 3 is 2.35 bits per heavy atom. The van der Waals surface area contributed by atoms with E-state index in [0.717, 1.165) is 19.0 Å². The molecular weight excluding hydrogens is 250 g/mol. The van der Waals surface area contributed by atoms with Crippen LogP contribution in [0.25, 0.3) is 0 Å². The highest BCUT2D eigenvalue weighted by Crippen LogP contribution is 2.17. The molecule has 1 N–H and O–H groups in total. The summed E-state index contributed by atoms with van der Waals surface area (Å²) in [5, 5.41) is 3.30. The smallest absolute Gasteiger partial charge is 0.118 e. The molecule has 0 aliphatic carbocycles. The zero-order valence-electron chi connectivity index (χ0n) is 13.2. The Kier molecular flexibility index (Phi) is 9.09. The molecule has 0 radical (unpaired) electrons. The average molecular weight is 279 g/mol. The number of ether oxygens (including phenoxy) is 2. The maximum absolute atomic E-state index is 5.78. The summed E-state index contributed by atoms with van der Waals surface area (Å²) in [7, 11) is 3.66. The first-order valence-electron chi connectivity index (χ1n) is 7.70. The van der Waals surface area contributed by atoms with E-state index in [2.05, 4.69) is 24.4 Å². The first-order valence-corrected chi connectivity index (χ1v) is 7.70. The van der Waals surface area contributed by atoms with Crippen LogP contribution >= 0.6 is 0 Å². The van der Waals surface area contributed by atoms with Gasteiger partial charge in [0.15, 0.2) is 0 Å². The summed E-state index contributed by atoms with van der Waals surface area (Å²) in [5.41, 5.74) is 1.24. The van der Waals surface area contributed by atoms with E-state index in [0.29, 0.717) is 0 Å². The van der Waals surface area contributed by atoms with Crippen molar-refractivity contribution in [3.8, 4) is 5.75 Å². The Balaban J connectivity index is 2.24. The van der Waals surface area contributed by atoms with Crippen molar-refractivity contribution >= 4 is 0 Å². The van der Waals surface area contributed by atoms with Crippen molar-refractivity contribution in [1.29, 1.82) is 0 Å². The summed E-state index contributed by atoms with van der Waals surface area (Å²) in [6.45, 7) is 3.82. The molecule has 3 nitrogen and oxygen atoms in total. The quantitative estimate of drug-likeness (QED) is 0.622. The lowest BCUT2D eigenvalue weighted by Crippen LogP contribution is -2.22. The van der Waals surface area contributed by atoms with Gasteiger partial charge in [0.05, 0.1) is 19.8 Å². The summed E-state index contributed by atoms with van der Waals surface area (Å²) in [5.74, 6) is 0.889. The summed E-state index contributed by atoms with van der Waals surface area (Å²) in [4.78, 5) is 0. The van der Waals surface area contributed by atoms with Crippen molar-refractivity contribution in [2.45, 2.75) is 45.1 Å². The van der Waals surface area contributed by atoms with Crippen LogP contribution in [0.1, 0.15) is 50.6 Å². The molecule has 1 aromatic rings. The van der Waals surface area contributed by atoms with Gasteiger partial charge in [0, 0.05) is 6.61 Å². The first kappa shape index (κ1) is 17.0. The van der Waals surface area contributed by atoms with Crippen LogP contribution in [0, 0.1) is 0 Å². The van der Waals surface area contributed by atoms with Crippen LogP contribution in [0.2, 0.25) is 0 Å². The number of nitrogens with one attached hydrogen (secondary N) is 1. The van der Waals surface area contributed by atoms with E-state index in [1.54, 1.807) is 7.11 Å². The number of rotatable bonds is 11. The molecule has 0 spiro atoms. The molecule has 0 aliphatic heterocycles.